The van der Waals surface area contributed by atoms with Gasteiger partial charge in [-0.05, 0) is 0 Å². The highest BCUT2D eigenvalue weighted by atomic mass is 31.2. The Morgan fingerprint density at radius 2 is 1.61 bits per heavy atom. The number of aliphatic hydroxyl groups excluding tert-OH is 5. The van der Waals surface area contributed by atoms with Crippen molar-refractivity contribution in [2.45, 2.75) is 24.4 Å². The topological polar surface area (TPSA) is 185 Å². The zero-order valence-corrected chi connectivity index (χ0v) is 9.92. The molecule has 108 valence electrons. The van der Waals surface area contributed by atoms with E-state index in [1.165, 1.54) is 0 Å². The van der Waals surface area contributed by atoms with E-state index < -0.39 is 51.2 Å². The quantitative estimate of drug-likeness (QED) is 0.172. The van der Waals surface area contributed by atoms with Gasteiger partial charge in [-0.15, -0.1) is 0 Å². The lowest BCUT2D eigenvalue weighted by atomic mass is 10.0. The van der Waals surface area contributed by atoms with Gasteiger partial charge in [0.15, 0.2) is 5.78 Å². The second-order valence-corrected chi connectivity index (χ2v) is 4.64. The molecule has 0 aromatic carbocycles. The van der Waals surface area contributed by atoms with Crippen molar-refractivity contribution in [2.75, 3.05) is 13.2 Å². The fourth-order valence-electron chi connectivity index (χ4n) is 0.970. The lowest BCUT2D eigenvalue weighted by molar-refractivity contribution is -0.149. The zero-order valence-electron chi connectivity index (χ0n) is 9.03. The van der Waals surface area contributed by atoms with Crippen molar-refractivity contribution in [3.63, 3.8) is 0 Å². The Hall–Kier alpha value is -0.420. The molecule has 10 nitrogen and oxygen atoms in total. The van der Waals surface area contributed by atoms with Crippen LogP contribution in [0.2, 0.25) is 0 Å². The largest absolute Gasteiger partial charge is 0.469 e. The minimum absolute atomic E-state index is 1.03. The number of rotatable bonds is 8. The first-order chi connectivity index (χ1) is 8.10. The van der Waals surface area contributed by atoms with Crippen LogP contribution < -0.4 is 0 Å². The smallest absolute Gasteiger partial charge is 0.388 e. The molecule has 0 aliphatic rings. The molecule has 0 aromatic heterocycles. The van der Waals surface area contributed by atoms with Crippen LogP contribution in [0.15, 0.2) is 0 Å². The van der Waals surface area contributed by atoms with Gasteiger partial charge in [0.1, 0.15) is 31.0 Å². The molecule has 0 aliphatic carbocycles. The van der Waals surface area contributed by atoms with Gasteiger partial charge in [0, 0.05) is 0 Å². The normalized spacial score (nSPS) is 19.1. The molecule has 0 unspecified atom stereocenters. The van der Waals surface area contributed by atoms with Crippen LogP contribution in [0, 0.1) is 0 Å². The Bertz CT molecular complexity index is 313. The van der Waals surface area contributed by atoms with Gasteiger partial charge in [-0.2, -0.15) is 0 Å². The van der Waals surface area contributed by atoms with E-state index in [-0.39, 0.29) is 0 Å². The first-order valence-electron chi connectivity index (χ1n) is 4.66. The van der Waals surface area contributed by atoms with Crippen LogP contribution in [0.3, 0.4) is 0 Å². The third-order valence-corrected chi connectivity index (χ3v) is 2.45. The van der Waals surface area contributed by atoms with Crippen LogP contribution in [0.4, 0.5) is 0 Å². The van der Waals surface area contributed by atoms with Crippen molar-refractivity contribution in [3.05, 3.63) is 0 Å². The number of hydrogen-bond donors (Lipinski definition) is 7. The molecule has 18 heavy (non-hydrogen) atoms. The molecule has 0 radical (unpaired) electrons. The summed E-state index contributed by atoms with van der Waals surface area (Å²) >= 11 is 0. The molecule has 0 amide bonds. The molecule has 0 aromatic rings. The first kappa shape index (κ1) is 17.6. The molecule has 0 heterocycles. The Labute approximate surface area is 101 Å². The van der Waals surface area contributed by atoms with E-state index >= 15 is 0 Å². The maximum Gasteiger partial charge on any atom is 0.469 e. The summed E-state index contributed by atoms with van der Waals surface area (Å²) in [5.41, 5.74) is 0. The lowest BCUT2D eigenvalue weighted by Crippen LogP contribution is -2.49. The van der Waals surface area contributed by atoms with E-state index in [1.54, 1.807) is 0 Å². The number of aliphatic hydroxyl groups is 5. The van der Waals surface area contributed by atoms with Gasteiger partial charge < -0.3 is 35.3 Å². The van der Waals surface area contributed by atoms with Gasteiger partial charge >= 0.3 is 7.82 Å². The van der Waals surface area contributed by atoms with Crippen LogP contribution in [-0.4, -0.2) is 78.7 Å². The molecule has 0 saturated heterocycles. The fourth-order valence-corrected chi connectivity index (χ4v) is 1.32. The van der Waals surface area contributed by atoms with E-state index in [4.69, 9.17) is 20.0 Å². The van der Waals surface area contributed by atoms with Crippen LogP contribution in [0.5, 0.6) is 0 Å². The van der Waals surface area contributed by atoms with Gasteiger partial charge in [0.05, 0.1) is 6.61 Å². The Morgan fingerprint density at radius 1 is 1.11 bits per heavy atom. The van der Waals surface area contributed by atoms with Gasteiger partial charge in [0.25, 0.3) is 0 Å². The fraction of sp³-hybridized carbons (Fsp3) is 0.857. The van der Waals surface area contributed by atoms with Gasteiger partial charge in [-0.25, -0.2) is 4.57 Å². The highest BCUT2D eigenvalue weighted by molar-refractivity contribution is 7.46. The molecule has 0 fully saturated rings. The minimum Gasteiger partial charge on any atom is -0.388 e. The first-order valence-corrected chi connectivity index (χ1v) is 6.19. The van der Waals surface area contributed by atoms with E-state index in [0.717, 1.165) is 0 Å². The summed E-state index contributed by atoms with van der Waals surface area (Å²) in [6, 6.07) is 0. The van der Waals surface area contributed by atoms with Crippen LogP contribution in [-0.2, 0) is 13.9 Å². The summed E-state index contributed by atoms with van der Waals surface area (Å²) in [5, 5.41) is 45.2. The highest BCUT2D eigenvalue weighted by Gasteiger charge is 2.34. The average Bonchev–Trinajstić information content (AvgIpc) is 2.31. The third-order valence-electron chi connectivity index (χ3n) is 1.97. The predicted octanol–water partition coefficient (Wildman–Crippen LogP) is -3.90. The molecule has 0 saturated carbocycles. The van der Waals surface area contributed by atoms with E-state index in [2.05, 4.69) is 4.52 Å². The number of phosphoric acid groups is 1. The monoisotopic (exact) mass is 291 g/mol. The summed E-state index contributed by atoms with van der Waals surface area (Å²) in [4.78, 5) is 27.4. The molecular weight excluding hydrogens is 276 g/mol. The predicted molar refractivity (Wildman–Crippen MR) is 54.1 cm³/mol. The third kappa shape index (κ3) is 5.96. The standard InChI is InChI=1S/C7H15O10P/c8-1-3(9)5(11)7(13)6(12)4(10)2-17-18(14,15)16/h4-8,10-13H,1-2H2,(H2,14,15,16)/t4-,5-,6-,7+/m1/s1/i1+1. The maximum absolute atomic E-state index is 10.8. The molecule has 0 spiro atoms. The second-order valence-electron chi connectivity index (χ2n) is 3.40. The molecule has 7 N–H and O–H groups in total. The van der Waals surface area contributed by atoms with Crippen molar-refractivity contribution < 1.29 is 49.2 Å². The van der Waals surface area contributed by atoms with Crippen LogP contribution in [0.25, 0.3) is 0 Å². The van der Waals surface area contributed by atoms with Gasteiger partial charge in [-0.3, -0.25) is 9.32 Å². The molecular formula is C7H15O10P. The Kier molecular flexibility index (Phi) is 7.07. The summed E-state index contributed by atoms with van der Waals surface area (Å²) in [6.45, 7) is -2.11. The van der Waals surface area contributed by atoms with Crippen molar-refractivity contribution in [1.82, 2.24) is 0 Å². The Balaban J connectivity index is 4.40. The minimum atomic E-state index is -4.86. The molecule has 0 rings (SSSR count). The number of ketones is 1. The van der Waals surface area contributed by atoms with Crippen molar-refractivity contribution in [1.29, 1.82) is 0 Å². The van der Waals surface area contributed by atoms with E-state index in [1.807, 2.05) is 0 Å². The number of Topliss-reactive ketones (excluding diaryl/α,β-unsaturated/α-hetero) is 1. The molecule has 4 atom stereocenters. The SMILES string of the molecule is O=C([13CH2]O)[C@@H](O)[C@H](O)[C@H](O)[C@H](O)COP(=O)(O)O. The summed E-state index contributed by atoms with van der Waals surface area (Å²) in [5.74, 6) is -1.19. The molecule has 11 heteroatoms. The Morgan fingerprint density at radius 3 is 2.00 bits per heavy atom. The molecule has 0 aliphatic heterocycles. The van der Waals surface area contributed by atoms with Gasteiger partial charge in [-0.1, -0.05) is 0 Å². The molecule has 0 bridgehead atoms. The van der Waals surface area contributed by atoms with E-state index in [0.29, 0.717) is 0 Å². The number of hydrogen-bond acceptors (Lipinski definition) is 8. The van der Waals surface area contributed by atoms with E-state index in [9.17, 15) is 24.7 Å². The zero-order chi connectivity index (χ0) is 14.5. The van der Waals surface area contributed by atoms with Crippen molar-refractivity contribution in [3.8, 4) is 0 Å². The maximum atomic E-state index is 10.8. The number of carbonyl (C=O) groups excluding carboxylic acids is 1. The van der Waals surface area contributed by atoms with Crippen molar-refractivity contribution >= 4 is 13.6 Å². The highest BCUT2D eigenvalue weighted by Crippen LogP contribution is 2.35. The van der Waals surface area contributed by atoms with Crippen molar-refractivity contribution in [2.24, 2.45) is 0 Å². The summed E-state index contributed by atoms with van der Waals surface area (Å²) in [6.07, 6.45) is -8.33. The average molecular weight is 291 g/mol. The number of phosphoric ester groups is 1. The van der Waals surface area contributed by atoms with Gasteiger partial charge in [0.2, 0.25) is 0 Å². The summed E-state index contributed by atoms with van der Waals surface area (Å²) in [7, 11) is -4.86. The second kappa shape index (κ2) is 7.24. The summed E-state index contributed by atoms with van der Waals surface area (Å²) < 4.78 is 14.2. The lowest BCUT2D eigenvalue weighted by Gasteiger charge is -2.25. The number of carbonyl (C=O) groups is 1. The van der Waals surface area contributed by atoms with Crippen LogP contribution in [0.1, 0.15) is 0 Å². The van der Waals surface area contributed by atoms with Crippen LogP contribution >= 0.6 is 7.82 Å².